The zero-order chi connectivity index (χ0) is 9.14. The summed E-state index contributed by atoms with van der Waals surface area (Å²) >= 11 is 3.36. The Hall–Kier alpha value is -0.890. The first kappa shape index (κ1) is 9.20. The highest BCUT2D eigenvalue weighted by Crippen LogP contribution is 2.19. The Bertz CT molecular complexity index is 329. The summed E-state index contributed by atoms with van der Waals surface area (Å²) in [5, 5.41) is 0. The lowest BCUT2D eigenvalue weighted by Gasteiger charge is -2.02. The normalized spacial score (nSPS) is 9.50. The van der Waals surface area contributed by atoms with Crippen molar-refractivity contribution in [1.29, 1.82) is 0 Å². The number of hydrogen-bond acceptors (Lipinski definition) is 1. The molecule has 0 atom stereocenters. The lowest BCUT2D eigenvalue weighted by Crippen LogP contribution is -1.97. The molecular formula is C10H9BrO. The van der Waals surface area contributed by atoms with E-state index in [1.165, 1.54) is 6.08 Å². The molecule has 0 saturated heterocycles. The maximum absolute atomic E-state index is 11.2. The van der Waals surface area contributed by atoms with Gasteiger partial charge in [0.1, 0.15) is 0 Å². The van der Waals surface area contributed by atoms with E-state index < -0.39 is 0 Å². The van der Waals surface area contributed by atoms with Crippen LogP contribution in [0.25, 0.3) is 0 Å². The second kappa shape index (κ2) is 3.68. The van der Waals surface area contributed by atoms with Gasteiger partial charge < -0.3 is 0 Å². The van der Waals surface area contributed by atoms with Gasteiger partial charge in [0.2, 0.25) is 0 Å². The first-order valence-corrected chi connectivity index (χ1v) is 4.38. The number of hydrogen-bond donors (Lipinski definition) is 0. The van der Waals surface area contributed by atoms with Crippen LogP contribution in [0.5, 0.6) is 0 Å². The average Bonchev–Trinajstić information content (AvgIpc) is 2.08. The first-order chi connectivity index (χ1) is 5.66. The van der Waals surface area contributed by atoms with E-state index in [4.69, 9.17) is 0 Å². The fourth-order valence-electron chi connectivity index (χ4n) is 0.984. The van der Waals surface area contributed by atoms with Crippen LogP contribution in [0.4, 0.5) is 0 Å². The lowest BCUT2D eigenvalue weighted by atomic mass is 10.1. The van der Waals surface area contributed by atoms with Gasteiger partial charge in [0.05, 0.1) is 0 Å². The minimum absolute atomic E-state index is 0.0335. The van der Waals surface area contributed by atoms with Crippen LogP contribution >= 0.6 is 15.9 Å². The van der Waals surface area contributed by atoms with E-state index in [1.807, 2.05) is 19.1 Å². The Balaban J connectivity index is 3.25. The van der Waals surface area contributed by atoms with E-state index >= 15 is 0 Å². The first-order valence-electron chi connectivity index (χ1n) is 3.58. The molecule has 0 aliphatic rings. The highest BCUT2D eigenvalue weighted by atomic mass is 79.9. The molecular weight excluding hydrogens is 216 g/mol. The van der Waals surface area contributed by atoms with E-state index in [2.05, 4.69) is 22.5 Å². The van der Waals surface area contributed by atoms with E-state index in [-0.39, 0.29) is 5.78 Å². The highest BCUT2D eigenvalue weighted by molar-refractivity contribution is 9.10. The van der Waals surface area contributed by atoms with Gasteiger partial charge in [-0.25, -0.2) is 0 Å². The van der Waals surface area contributed by atoms with Gasteiger partial charge in [-0.1, -0.05) is 34.6 Å². The van der Waals surface area contributed by atoms with E-state index in [9.17, 15) is 4.79 Å². The predicted molar refractivity (Wildman–Crippen MR) is 53.4 cm³/mol. The minimum atomic E-state index is -0.0335. The molecule has 0 saturated carbocycles. The smallest absolute Gasteiger partial charge is 0.185 e. The lowest BCUT2D eigenvalue weighted by molar-refractivity contribution is 0.104. The molecule has 0 radical (unpaired) electrons. The molecule has 0 unspecified atom stereocenters. The molecule has 0 N–H and O–H groups in total. The second-order valence-electron chi connectivity index (χ2n) is 2.48. The molecule has 0 heterocycles. The average molecular weight is 225 g/mol. The fourth-order valence-corrected chi connectivity index (χ4v) is 1.35. The Morgan fingerprint density at radius 1 is 1.58 bits per heavy atom. The van der Waals surface area contributed by atoms with E-state index in [0.717, 1.165) is 10.0 Å². The molecule has 1 nitrogen and oxygen atoms in total. The third kappa shape index (κ3) is 1.64. The summed E-state index contributed by atoms with van der Waals surface area (Å²) in [6, 6.07) is 5.55. The third-order valence-electron chi connectivity index (χ3n) is 1.72. The zero-order valence-electron chi connectivity index (χ0n) is 6.80. The summed E-state index contributed by atoms with van der Waals surface area (Å²) in [5.41, 5.74) is 1.67. The van der Waals surface area contributed by atoms with Gasteiger partial charge in [-0.2, -0.15) is 0 Å². The molecule has 0 amide bonds. The van der Waals surface area contributed by atoms with Crippen molar-refractivity contribution in [2.45, 2.75) is 6.92 Å². The fraction of sp³-hybridized carbons (Fsp3) is 0.100. The van der Waals surface area contributed by atoms with Gasteiger partial charge >= 0.3 is 0 Å². The molecule has 0 aliphatic carbocycles. The number of allylic oxidation sites excluding steroid dienone is 1. The summed E-state index contributed by atoms with van der Waals surface area (Å²) in [6.45, 7) is 5.35. The molecule has 0 spiro atoms. The van der Waals surface area contributed by atoms with Crippen LogP contribution in [-0.4, -0.2) is 5.78 Å². The Morgan fingerprint density at radius 3 is 2.83 bits per heavy atom. The molecule has 0 aliphatic heterocycles. The van der Waals surface area contributed by atoms with Crippen LogP contribution in [0, 0.1) is 6.92 Å². The van der Waals surface area contributed by atoms with Gasteiger partial charge in [0.15, 0.2) is 5.78 Å². The Morgan fingerprint density at radius 2 is 2.25 bits per heavy atom. The van der Waals surface area contributed by atoms with Crippen LogP contribution in [-0.2, 0) is 0 Å². The van der Waals surface area contributed by atoms with Crippen molar-refractivity contribution in [1.82, 2.24) is 0 Å². The Kier molecular flexibility index (Phi) is 2.82. The van der Waals surface area contributed by atoms with Gasteiger partial charge in [-0.3, -0.25) is 4.79 Å². The molecule has 1 aromatic carbocycles. The largest absolute Gasteiger partial charge is 0.289 e. The molecule has 1 rings (SSSR count). The van der Waals surface area contributed by atoms with Gasteiger partial charge in [0, 0.05) is 10.0 Å². The molecule has 1 aromatic rings. The summed E-state index contributed by atoms with van der Waals surface area (Å²) in [6.07, 6.45) is 1.33. The van der Waals surface area contributed by atoms with Crippen LogP contribution in [0.3, 0.4) is 0 Å². The van der Waals surface area contributed by atoms with E-state index in [1.54, 1.807) is 6.07 Å². The quantitative estimate of drug-likeness (QED) is 0.558. The van der Waals surface area contributed by atoms with Crippen LogP contribution in [0.1, 0.15) is 15.9 Å². The maximum atomic E-state index is 11.2. The summed E-state index contributed by atoms with van der Waals surface area (Å²) in [5.74, 6) is -0.0335. The molecule has 0 aromatic heterocycles. The van der Waals surface area contributed by atoms with Crippen LogP contribution in [0.2, 0.25) is 0 Å². The molecule has 12 heavy (non-hydrogen) atoms. The number of carbonyl (C=O) groups excluding carboxylic acids is 1. The van der Waals surface area contributed by atoms with Crippen LogP contribution in [0.15, 0.2) is 35.3 Å². The van der Waals surface area contributed by atoms with Crippen molar-refractivity contribution >= 4 is 21.7 Å². The highest BCUT2D eigenvalue weighted by Gasteiger charge is 2.06. The molecule has 0 fully saturated rings. The predicted octanol–water partition coefficient (Wildman–Crippen LogP) is 3.13. The van der Waals surface area contributed by atoms with Crippen molar-refractivity contribution in [3.8, 4) is 0 Å². The zero-order valence-corrected chi connectivity index (χ0v) is 8.39. The number of halogens is 1. The van der Waals surface area contributed by atoms with Gasteiger partial charge in [-0.05, 0) is 24.6 Å². The topological polar surface area (TPSA) is 17.1 Å². The van der Waals surface area contributed by atoms with Crippen LogP contribution < -0.4 is 0 Å². The van der Waals surface area contributed by atoms with Crippen molar-refractivity contribution in [3.63, 3.8) is 0 Å². The summed E-state index contributed by atoms with van der Waals surface area (Å²) in [7, 11) is 0. The molecule has 2 heteroatoms. The van der Waals surface area contributed by atoms with Crippen molar-refractivity contribution in [2.75, 3.05) is 0 Å². The van der Waals surface area contributed by atoms with Gasteiger partial charge in [0.25, 0.3) is 0 Å². The number of ketones is 1. The maximum Gasteiger partial charge on any atom is 0.185 e. The summed E-state index contributed by atoms with van der Waals surface area (Å²) < 4.78 is 0.954. The SMILES string of the molecule is C=CC(=O)c1cccc(Br)c1C. The number of rotatable bonds is 2. The number of benzene rings is 1. The van der Waals surface area contributed by atoms with Gasteiger partial charge in [-0.15, -0.1) is 0 Å². The van der Waals surface area contributed by atoms with Crippen molar-refractivity contribution < 1.29 is 4.79 Å². The second-order valence-corrected chi connectivity index (χ2v) is 3.34. The third-order valence-corrected chi connectivity index (χ3v) is 2.58. The monoisotopic (exact) mass is 224 g/mol. The minimum Gasteiger partial charge on any atom is -0.289 e. The van der Waals surface area contributed by atoms with Crippen molar-refractivity contribution in [3.05, 3.63) is 46.5 Å². The Labute approximate surface area is 80.2 Å². The van der Waals surface area contributed by atoms with E-state index in [0.29, 0.717) is 5.56 Å². The molecule has 0 bridgehead atoms. The number of carbonyl (C=O) groups is 1. The molecule has 62 valence electrons. The summed E-state index contributed by atoms with van der Waals surface area (Å²) in [4.78, 5) is 11.2. The standard InChI is InChI=1S/C10H9BrO/c1-3-10(12)8-5-4-6-9(11)7(8)2/h3-6H,1H2,2H3. The van der Waals surface area contributed by atoms with Crippen molar-refractivity contribution in [2.24, 2.45) is 0 Å².